The lowest BCUT2D eigenvalue weighted by molar-refractivity contribution is 0.0934. The monoisotopic (exact) mass is 244 g/mol. The number of benzene rings is 1. The Balaban J connectivity index is 1.83. The summed E-state index contributed by atoms with van der Waals surface area (Å²) in [7, 11) is 0. The zero-order valence-corrected chi connectivity index (χ0v) is 10.1. The maximum Gasteiger partial charge on any atom is 0.255 e. The molecule has 0 radical (unpaired) electrons. The van der Waals surface area contributed by atoms with E-state index in [0.717, 1.165) is 23.8 Å². The zero-order valence-electron chi connectivity index (χ0n) is 10.1. The van der Waals surface area contributed by atoms with E-state index < -0.39 is 0 Å². The van der Waals surface area contributed by atoms with Crippen LogP contribution in [-0.4, -0.2) is 18.5 Å². The molecule has 2 aromatic rings. The van der Waals surface area contributed by atoms with E-state index in [4.69, 9.17) is 10.2 Å². The minimum Gasteiger partial charge on any atom is -0.463 e. The SMILES string of the molecule is NCC(NC(=O)c1coc2ccccc12)C1CC1. The van der Waals surface area contributed by atoms with Gasteiger partial charge >= 0.3 is 0 Å². The van der Waals surface area contributed by atoms with Crippen LogP contribution in [-0.2, 0) is 0 Å². The molecule has 4 nitrogen and oxygen atoms in total. The van der Waals surface area contributed by atoms with Gasteiger partial charge in [0.25, 0.3) is 5.91 Å². The van der Waals surface area contributed by atoms with E-state index in [1.54, 1.807) is 0 Å². The quantitative estimate of drug-likeness (QED) is 0.863. The van der Waals surface area contributed by atoms with E-state index in [1.807, 2.05) is 24.3 Å². The molecule has 1 amide bonds. The van der Waals surface area contributed by atoms with Crippen molar-refractivity contribution in [3.63, 3.8) is 0 Å². The summed E-state index contributed by atoms with van der Waals surface area (Å²) in [5.74, 6) is 0.458. The second-order valence-corrected chi connectivity index (χ2v) is 4.80. The molecule has 4 heteroatoms. The molecule has 0 spiro atoms. The van der Waals surface area contributed by atoms with Gasteiger partial charge in [0.05, 0.1) is 5.56 Å². The molecule has 1 heterocycles. The third kappa shape index (κ3) is 1.99. The van der Waals surface area contributed by atoms with Crippen LogP contribution in [0.4, 0.5) is 0 Å². The van der Waals surface area contributed by atoms with Crippen LogP contribution in [0.25, 0.3) is 11.0 Å². The zero-order chi connectivity index (χ0) is 12.5. The fourth-order valence-electron chi connectivity index (χ4n) is 2.27. The van der Waals surface area contributed by atoms with Crippen molar-refractivity contribution in [2.45, 2.75) is 18.9 Å². The number of hydrogen-bond acceptors (Lipinski definition) is 3. The highest BCUT2D eigenvalue weighted by atomic mass is 16.3. The number of carbonyl (C=O) groups excluding carboxylic acids is 1. The lowest BCUT2D eigenvalue weighted by Crippen LogP contribution is -2.41. The van der Waals surface area contributed by atoms with Gasteiger partial charge in [0.2, 0.25) is 0 Å². The molecular weight excluding hydrogens is 228 g/mol. The highest BCUT2D eigenvalue weighted by molar-refractivity contribution is 6.06. The first-order valence-electron chi connectivity index (χ1n) is 6.26. The van der Waals surface area contributed by atoms with E-state index in [-0.39, 0.29) is 11.9 Å². The van der Waals surface area contributed by atoms with Gasteiger partial charge in [-0.2, -0.15) is 0 Å². The van der Waals surface area contributed by atoms with E-state index in [0.29, 0.717) is 18.0 Å². The second kappa shape index (κ2) is 4.46. The standard InChI is InChI=1S/C14H16N2O2/c15-7-12(9-5-6-9)16-14(17)11-8-18-13-4-2-1-3-10(11)13/h1-4,8-9,12H,5-7,15H2,(H,16,17). The maximum absolute atomic E-state index is 12.2. The predicted octanol–water partition coefficient (Wildman–Crippen LogP) is 1.90. The van der Waals surface area contributed by atoms with Crippen molar-refractivity contribution in [2.75, 3.05) is 6.54 Å². The van der Waals surface area contributed by atoms with Gasteiger partial charge in [0, 0.05) is 18.0 Å². The molecule has 1 aliphatic carbocycles. The normalized spacial score (nSPS) is 16.7. The van der Waals surface area contributed by atoms with Crippen LogP contribution >= 0.6 is 0 Å². The molecule has 3 rings (SSSR count). The topological polar surface area (TPSA) is 68.3 Å². The highest BCUT2D eigenvalue weighted by Gasteiger charge is 2.31. The minimum absolute atomic E-state index is 0.0890. The van der Waals surface area contributed by atoms with Gasteiger partial charge in [-0.15, -0.1) is 0 Å². The Morgan fingerprint density at radius 1 is 1.44 bits per heavy atom. The van der Waals surface area contributed by atoms with E-state index in [1.165, 1.54) is 6.26 Å². The highest BCUT2D eigenvalue weighted by Crippen LogP contribution is 2.32. The Bertz CT molecular complexity index is 572. The van der Waals surface area contributed by atoms with Gasteiger partial charge in [-0.1, -0.05) is 18.2 Å². The summed E-state index contributed by atoms with van der Waals surface area (Å²) >= 11 is 0. The number of hydrogen-bond donors (Lipinski definition) is 2. The summed E-state index contributed by atoms with van der Waals surface area (Å²) in [5.41, 5.74) is 7.01. The fraction of sp³-hybridized carbons (Fsp3) is 0.357. The third-order valence-corrected chi connectivity index (χ3v) is 3.49. The van der Waals surface area contributed by atoms with Gasteiger partial charge in [-0.25, -0.2) is 0 Å². The molecule has 0 aliphatic heterocycles. The van der Waals surface area contributed by atoms with Crippen LogP contribution in [0.2, 0.25) is 0 Å². The molecule has 1 fully saturated rings. The molecule has 1 unspecified atom stereocenters. The van der Waals surface area contributed by atoms with Crippen LogP contribution in [0.3, 0.4) is 0 Å². The Kier molecular flexibility index (Phi) is 2.80. The lowest BCUT2D eigenvalue weighted by atomic mass is 10.1. The first-order valence-corrected chi connectivity index (χ1v) is 6.26. The molecule has 1 aliphatic rings. The van der Waals surface area contributed by atoms with E-state index in [9.17, 15) is 4.79 Å². The summed E-state index contributed by atoms with van der Waals surface area (Å²) < 4.78 is 5.37. The van der Waals surface area contributed by atoms with Crippen molar-refractivity contribution in [2.24, 2.45) is 11.7 Å². The minimum atomic E-state index is -0.0951. The van der Waals surface area contributed by atoms with Gasteiger partial charge in [-0.05, 0) is 24.8 Å². The molecule has 1 aromatic carbocycles. The predicted molar refractivity (Wildman–Crippen MR) is 69.2 cm³/mol. The summed E-state index contributed by atoms with van der Waals surface area (Å²) in [4.78, 5) is 12.2. The Morgan fingerprint density at radius 3 is 2.94 bits per heavy atom. The number of carbonyl (C=O) groups is 1. The van der Waals surface area contributed by atoms with Crippen LogP contribution in [0, 0.1) is 5.92 Å². The maximum atomic E-state index is 12.2. The molecule has 1 aromatic heterocycles. The Hall–Kier alpha value is -1.81. The molecule has 1 atom stereocenters. The van der Waals surface area contributed by atoms with Crippen molar-refractivity contribution in [1.29, 1.82) is 0 Å². The van der Waals surface area contributed by atoms with Crippen molar-refractivity contribution in [3.8, 4) is 0 Å². The van der Waals surface area contributed by atoms with Crippen LogP contribution in [0.5, 0.6) is 0 Å². The van der Waals surface area contributed by atoms with Gasteiger partial charge < -0.3 is 15.5 Å². The van der Waals surface area contributed by atoms with E-state index in [2.05, 4.69) is 5.32 Å². The number of fused-ring (bicyclic) bond motifs is 1. The Morgan fingerprint density at radius 2 is 2.22 bits per heavy atom. The summed E-state index contributed by atoms with van der Waals surface area (Å²) in [6, 6.07) is 7.62. The average molecular weight is 244 g/mol. The molecule has 0 saturated heterocycles. The lowest BCUT2D eigenvalue weighted by Gasteiger charge is -2.15. The summed E-state index contributed by atoms with van der Waals surface area (Å²) in [6.07, 6.45) is 3.84. The second-order valence-electron chi connectivity index (χ2n) is 4.80. The van der Waals surface area contributed by atoms with Crippen LogP contribution in [0.1, 0.15) is 23.2 Å². The van der Waals surface area contributed by atoms with Gasteiger partial charge in [-0.3, -0.25) is 4.79 Å². The molecule has 94 valence electrons. The van der Waals surface area contributed by atoms with Gasteiger partial charge in [0.1, 0.15) is 11.8 Å². The number of furan rings is 1. The molecule has 0 bridgehead atoms. The summed E-state index contributed by atoms with van der Waals surface area (Å²) in [6.45, 7) is 0.492. The number of rotatable bonds is 4. The number of para-hydroxylation sites is 1. The Labute approximate surface area is 105 Å². The van der Waals surface area contributed by atoms with Gasteiger partial charge in [0.15, 0.2) is 0 Å². The van der Waals surface area contributed by atoms with E-state index >= 15 is 0 Å². The van der Waals surface area contributed by atoms with Crippen molar-refractivity contribution in [3.05, 3.63) is 36.1 Å². The molecule has 1 saturated carbocycles. The number of nitrogens with one attached hydrogen (secondary N) is 1. The first kappa shape index (κ1) is 11.3. The smallest absolute Gasteiger partial charge is 0.255 e. The number of amides is 1. The number of nitrogens with two attached hydrogens (primary N) is 1. The third-order valence-electron chi connectivity index (χ3n) is 3.49. The van der Waals surface area contributed by atoms with Crippen molar-refractivity contribution >= 4 is 16.9 Å². The van der Waals surface area contributed by atoms with Crippen LogP contribution in [0.15, 0.2) is 34.9 Å². The first-order chi connectivity index (χ1) is 8.79. The molecule has 3 N–H and O–H groups in total. The molecule has 18 heavy (non-hydrogen) atoms. The van der Waals surface area contributed by atoms with Crippen molar-refractivity contribution < 1.29 is 9.21 Å². The largest absolute Gasteiger partial charge is 0.463 e. The summed E-state index contributed by atoms with van der Waals surface area (Å²) in [5, 5.41) is 3.85. The van der Waals surface area contributed by atoms with Crippen molar-refractivity contribution in [1.82, 2.24) is 5.32 Å². The molecular formula is C14H16N2O2. The average Bonchev–Trinajstić information content (AvgIpc) is 3.14. The van der Waals surface area contributed by atoms with Crippen LogP contribution < -0.4 is 11.1 Å². The fourth-order valence-corrected chi connectivity index (χ4v) is 2.27.